The van der Waals surface area contributed by atoms with Gasteiger partial charge in [-0.3, -0.25) is 14.4 Å². The molecule has 78 valence electrons. The van der Waals surface area contributed by atoms with E-state index in [0.29, 0.717) is 12.8 Å². The van der Waals surface area contributed by atoms with E-state index in [4.69, 9.17) is 0 Å². The number of Topliss-reactive ketones (excluding diaryl/α,β-unsaturated/α-hetero) is 3. The van der Waals surface area contributed by atoms with Crippen LogP contribution in [0.25, 0.3) is 0 Å². The quantitative estimate of drug-likeness (QED) is 0.629. The Morgan fingerprint density at radius 1 is 1.36 bits per heavy atom. The molecule has 0 aromatic carbocycles. The van der Waals surface area contributed by atoms with E-state index < -0.39 is 5.92 Å². The summed E-state index contributed by atoms with van der Waals surface area (Å²) in [5, 5.41) is 0. The summed E-state index contributed by atoms with van der Waals surface area (Å²) < 4.78 is 0. The van der Waals surface area contributed by atoms with Crippen molar-refractivity contribution in [2.45, 2.75) is 40.0 Å². The van der Waals surface area contributed by atoms with E-state index in [9.17, 15) is 14.4 Å². The standard InChI is InChI=1S/C11H16O3/c1-4-11(3)5-8(13)10(7(2)12)9(14)6-11/h10H,4-6H2,1-3H3. The highest BCUT2D eigenvalue weighted by Gasteiger charge is 2.43. The van der Waals surface area contributed by atoms with Gasteiger partial charge in [0, 0.05) is 12.8 Å². The van der Waals surface area contributed by atoms with Crippen LogP contribution in [0.5, 0.6) is 0 Å². The first-order valence-corrected chi connectivity index (χ1v) is 4.95. The summed E-state index contributed by atoms with van der Waals surface area (Å²) in [6, 6.07) is 0. The predicted octanol–water partition coefficient (Wildman–Crippen LogP) is 1.54. The molecular formula is C11H16O3. The summed E-state index contributed by atoms with van der Waals surface area (Å²) >= 11 is 0. The summed E-state index contributed by atoms with van der Waals surface area (Å²) in [6.45, 7) is 5.21. The molecule has 0 aromatic rings. The Morgan fingerprint density at radius 3 is 2.07 bits per heavy atom. The van der Waals surface area contributed by atoms with E-state index >= 15 is 0 Å². The van der Waals surface area contributed by atoms with Gasteiger partial charge in [-0.1, -0.05) is 13.8 Å². The number of hydrogen-bond donors (Lipinski definition) is 0. The van der Waals surface area contributed by atoms with Crippen molar-refractivity contribution >= 4 is 17.3 Å². The Labute approximate surface area is 83.9 Å². The fourth-order valence-electron chi connectivity index (χ4n) is 1.99. The van der Waals surface area contributed by atoms with Crippen molar-refractivity contribution < 1.29 is 14.4 Å². The summed E-state index contributed by atoms with van der Waals surface area (Å²) in [5.41, 5.74) is -0.222. The minimum Gasteiger partial charge on any atom is -0.299 e. The molecule has 14 heavy (non-hydrogen) atoms. The molecule has 0 heterocycles. The first-order valence-electron chi connectivity index (χ1n) is 4.95. The fourth-order valence-corrected chi connectivity index (χ4v) is 1.99. The smallest absolute Gasteiger partial charge is 0.151 e. The van der Waals surface area contributed by atoms with Gasteiger partial charge >= 0.3 is 0 Å². The second-order valence-corrected chi connectivity index (χ2v) is 4.49. The largest absolute Gasteiger partial charge is 0.299 e. The van der Waals surface area contributed by atoms with Gasteiger partial charge in [0.1, 0.15) is 11.7 Å². The van der Waals surface area contributed by atoms with Crippen molar-refractivity contribution in [1.82, 2.24) is 0 Å². The number of rotatable bonds is 2. The highest BCUT2D eigenvalue weighted by molar-refractivity contribution is 6.20. The lowest BCUT2D eigenvalue weighted by Crippen LogP contribution is -2.41. The van der Waals surface area contributed by atoms with Crippen LogP contribution in [0.3, 0.4) is 0 Å². The fraction of sp³-hybridized carbons (Fsp3) is 0.727. The van der Waals surface area contributed by atoms with E-state index in [2.05, 4.69) is 0 Å². The van der Waals surface area contributed by atoms with Crippen LogP contribution in [0.4, 0.5) is 0 Å². The van der Waals surface area contributed by atoms with E-state index in [1.807, 2.05) is 13.8 Å². The first kappa shape index (κ1) is 11.1. The Kier molecular flexibility index (Phi) is 2.88. The topological polar surface area (TPSA) is 51.2 Å². The highest BCUT2D eigenvalue weighted by Crippen LogP contribution is 2.37. The average Bonchev–Trinajstić information content (AvgIpc) is 2.01. The van der Waals surface area contributed by atoms with Crippen molar-refractivity contribution in [1.29, 1.82) is 0 Å². The molecule has 3 heteroatoms. The summed E-state index contributed by atoms with van der Waals surface area (Å²) in [7, 11) is 0. The third-order valence-electron chi connectivity index (χ3n) is 3.11. The molecule has 0 N–H and O–H groups in total. The van der Waals surface area contributed by atoms with Gasteiger partial charge in [-0.2, -0.15) is 0 Å². The van der Waals surface area contributed by atoms with Crippen LogP contribution in [0.2, 0.25) is 0 Å². The third-order valence-corrected chi connectivity index (χ3v) is 3.11. The molecule has 1 fully saturated rings. The zero-order valence-corrected chi connectivity index (χ0v) is 8.92. The molecule has 0 aromatic heterocycles. The zero-order valence-electron chi connectivity index (χ0n) is 8.92. The van der Waals surface area contributed by atoms with Crippen LogP contribution >= 0.6 is 0 Å². The lowest BCUT2D eigenvalue weighted by Gasteiger charge is -2.33. The molecule has 1 aliphatic carbocycles. The predicted molar refractivity (Wildman–Crippen MR) is 51.8 cm³/mol. The number of hydrogen-bond acceptors (Lipinski definition) is 3. The van der Waals surface area contributed by atoms with Gasteiger partial charge in [0.05, 0.1) is 0 Å². The van der Waals surface area contributed by atoms with Gasteiger partial charge in [0.25, 0.3) is 0 Å². The number of ketones is 3. The Morgan fingerprint density at radius 2 is 1.79 bits per heavy atom. The second-order valence-electron chi connectivity index (χ2n) is 4.49. The molecular weight excluding hydrogens is 180 g/mol. The molecule has 3 nitrogen and oxygen atoms in total. The maximum atomic E-state index is 11.6. The van der Waals surface area contributed by atoms with E-state index in [1.54, 1.807) is 0 Å². The van der Waals surface area contributed by atoms with Crippen molar-refractivity contribution in [2.24, 2.45) is 11.3 Å². The zero-order chi connectivity index (χ0) is 10.9. The second kappa shape index (κ2) is 3.64. The van der Waals surface area contributed by atoms with E-state index in [-0.39, 0.29) is 22.8 Å². The van der Waals surface area contributed by atoms with Crippen molar-refractivity contribution in [3.8, 4) is 0 Å². The minimum absolute atomic E-state index is 0.196. The van der Waals surface area contributed by atoms with Gasteiger partial charge in [-0.05, 0) is 18.8 Å². The molecule has 0 atom stereocenters. The van der Waals surface area contributed by atoms with Crippen LogP contribution < -0.4 is 0 Å². The van der Waals surface area contributed by atoms with Gasteiger partial charge in [0.15, 0.2) is 11.6 Å². The van der Waals surface area contributed by atoms with Crippen molar-refractivity contribution in [2.75, 3.05) is 0 Å². The SMILES string of the molecule is CCC1(C)CC(=O)C(C(C)=O)C(=O)C1. The summed E-state index contributed by atoms with van der Waals surface area (Å²) in [5.74, 6) is -1.66. The van der Waals surface area contributed by atoms with Crippen molar-refractivity contribution in [3.63, 3.8) is 0 Å². The van der Waals surface area contributed by atoms with Gasteiger partial charge < -0.3 is 0 Å². The summed E-state index contributed by atoms with van der Waals surface area (Å²) in [4.78, 5) is 34.2. The average molecular weight is 196 g/mol. The van der Waals surface area contributed by atoms with Crippen LogP contribution in [0.15, 0.2) is 0 Å². The monoisotopic (exact) mass is 196 g/mol. The van der Waals surface area contributed by atoms with Gasteiger partial charge in [-0.15, -0.1) is 0 Å². The Bertz CT molecular complexity index is 273. The van der Waals surface area contributed by atoms with Gasteiger partial charge in [-0.25, -0.2) is 0 Å². The molecule has 0 aliphatic heterocycles. The maximum Gasteiger partial charge on any atom is 0.151 e. The molecule has 0 saturated heterocycles. The lowest BCUT2D eigenvalue weighted by molar-refractivity contribution is -0.144. The molecule has 0 unspecified atom stereocenters. The molecule has 0 amide bonds. The molecule has 1 aliphatic rings. The summed E-state index contributed by atoms with van der Waals surface area (Å²) in [6.07, 6.45) is 1.52. The van der Waals surface area contributed by atoms with Gasteiger partial charge in [0.2, 0.25) is 0 Å². The molecule has 0 radical (unpaired) electrons. The first-order chi connectivity index (χ1) is 6.39. The number of carbonyl (C=O) groups excluding carboxylic acids is 3. The maximum absolute atomic E-state index is 11.6. The molecule has 1 saturated carbocycles. The molecule has 0 bridgehead atoms. The highest BCUT2D eigenvalue weighted by atomic mass is 16.2. The third kappa shape index (κ3) is 1.91. The molecule has 0 spiro atoms. The normalized spacial score (nSPS) is 33.2. The van der Waals surface area contributed by atoms with E-state index in [1.165, 1.54) is 6.92 Å². The Hall–Kier alpha value is -0.990. The van der Waals surface area contributed by atoms with E-state index in [0.717, 1.165) is 6.42 Å². The van der Waals surface area contributed by atoms with Crippen molar-refractivity contribution in [3.05, 3.63) is 0 Å². The lowest BCUT2D eigenvalue weighted by atomic mass is 9.68. The van der Waals surface area contributed by atoms with Crippen LogP contribution in [0.1, 0.15) is 40.0 Å². The minimum atomic E-state index is -0.963. The molecule has 1 rings (SSSR count). The van der Waals surface area contributed by atoms with Crippen LogP contribution in [-0.2, 0) is 14.4 Å². The van der Waals surface area contributed by atoms with Crippen LogP contribution in [0, 0.1) is 11.3 Å². The number of carbonyl (C=O) groups is 3. The Balaban J connectivity index is 2.89. The van der Waals surface area contributed by atoms with Crippen LogP contribution in [-0.4, -0.2) is 17.3 Å².